The number of ether oxygens (including phenoxy) is 2. The average molecular weight is 237 g/mol. The molecule has 1 aliphatic heterocycles. The summed E-state index contributed by atoms with van der Waals surface area (Å²) in [6.45, 7) is 2.57. The maximum Gasteiger partial charge on any atom is 0.339 e. The summed E-state index contributed by atoms with van der Waals surface area (Å²) in [5.41, 5.74) is 2.06. The van der Waals surface area contributed by atoms with Crippen LogP contribution >= 0.6 is 0 Å². The fourth-order valence-electron chi connectivity index (χ4n) is 2.42. The van der Waals surface area contributed by atoms with Crippen LogP contribution in [-0.4, -0.2) is 30.7 Å². The first-order valence-corrected chi connectivity index (χ1v) is 5.46. The van der Waals surface area contributed by atoms with Crippen LogP contribution in [0.5, 0.6) is 0 Å². The summed E-state index contributed by atoms with van der Waals surface area (Å²) >= 11 is 0. The zero-order valence-corrected chi connectivity index (χ0v) is 10.1. The van der Waals surface area contributed by atoms with Gasteiger partial charge in [-0.3, -0.25) is 4.79 Å². The molecule has 17 heavy (non-hydrogen) atoms. The molecular weight excluding hydrogens is 222 g/mol. The lowest BCUT2D eigenvalue weighted by Gasteiger charge is -2.09. The summed E-state index contributed by atoms with van der Waals surface area (Å²) in [5.74, 6) is -1.05. The number of aryl methyl sites for hydroxylation is 2. The number of hydrogen-bond acceptors (Lipinski definition) is 4. The largest absolute Gasteiger partial charge is 0.469 e. The molecule has 0 bridgehead atoms. The summed E-state index contributed by atoms with van der Waals surface area (Å²) in [5, 5.41) is 0. The van der Waals surface area contributed by atoms with Crippen molar-refractivity contribution in [2.24, 2.45) is 0 Å². The Balaban J connectivity index is 2.49. The van der Waals surface area contributed by atoms with E-state index in [1.54, 1.807) is 0 Å². The van der Waals surface area contributed by atoms with E-state index >= 15 is 0 Å². The Bertz CT molecular complexity index is 475. The van der Waals surface area contributed by atoms with E-state index in [0.717, 1.165) is 17.8 Å². The Morgan fingerprint density at radius 1 is 1.35 bits per heavy atom. The summed E-state index contributed by atoms with van der Waals surface area (Å²) in [6.07, 6.45) is 2.55. The number of hydrogen-bond donors (Lipinski definition) is 0. The van der Waals surface area contributed by atoms with Crippen molar-refractivity contribution in [3.05, 3.63) is 23.0 Å². The first kappa shape index (κ1) is 11.7. The minimum Gasteiger partial charge on any atom is -0.469 e. The van der Waals surface area contributed by atoms with Gasteiger partial charge in [-0.05, 0) is 18.9 Å². The molecule has 1 aliphatic rings. The van der Waals surface area contributed by atoms with Crippen LogP contribution in [0, 0.1) is 6.92 Å². The van der Waals surface area contributed by atoms with E-state index in [9.17, 15) is 9.59 Å². The second-order valence-corrected chi connectivity index (χ2v) is 4.12. The lowest BCUT2D eigenvalue weighted by atomic mass is 9.99. The Morgan fingerprint density at radius 3 is 2.65 bits per heavy atom. The number of aromatic nitrogens is 1. The van der Waals surface area contributed by atoms with Crippen LogP contribution in [0.15, 0.2) is 6.20 Å². The average Bonchev–Trinajstić information content (AvgIpc) is 2.84. The number of rotatable bonds is 2. The van der Waals surface area contributed by atoms with E-state index in [4.69, 9.17) is 9.47 Å². The number of fused-ring (bicyclic) bond motifs is 1. The van der Waals surface area contributed by atoms with Crippen LogP contribution < -0.4 is 0 Å². The van der Waals surface area contributed by atoms with Gasteiger partial charge in [-0.1, -0.05) is 0 Å². The third kappa shape index (κ3) is 1.71. The van der Waals surface area contributed by atoms with Crippen molar-refractivity contribution >= 4 is 11.9 Å². The normalized spacial score (nSPS) is 17.7. The highest BCUT2D eigenvalue weighted by atomic mass is 16.5. The molecule has 5 heteroatoms. The van der Waals surface area contributed by atoms with E-state index < -0.39 is 5.97 Å². The van der Waals surface area contributed by atoms with Crippen LogP contribution in [0.2, 0.25) is 0 Å². The fraction of sp³-hybridized carbons (Fsp3) is 0.500. The third-order valence-corrected chi connectivity index (χ3v) is 3.17. The Hall–Kier alpha value is -1.78. The minimum absolute atomic E-state index is 0.299. The van der Waals surface area contributed by atoms with Crippen LogP contribution in [0.3, 0.4) is 0 Å². The third-order valence-electron chi connectivity index (χ3n) is 3.17. The van der Waals surface area contributed by atoms with Gasteiger partial charge in [0.25, 0.3) is 0 Å². The lowest BCUT2D eigenvalue weighted by Crippen LogP contribution is -2.15. The number of methoxy groups -OCH3 is 2. The SMILES string of the molecule is COC(=O)c1c(C)cn2c1C(C(=O)OC)CC2. The first-order valence-electron chi connectivity index (χ1n) is 5.46. The molecule has 5 nitrogen and oxygen atoms in total. The summed E-state index contributed by atoms with van der Waals surface area (Å²) < 4.78 is 11.5. The van der Waals surface area contributed by atoms with Crippen LogP contribution in [0.1, 0.15) is 34.0 Å². The van der Waals surface area contributed by atoms with Gasteiger partial charge in [-0.15, -0.1) is 0 Å². The highest BCUT2D eigenvalue weighted by Crippen LogP contribution is 2.35. The molecular formula is C12H15NO4. The van der Waals surface area contributed by atoms with Crippen molar-refractivity contribution in [3.8, 4) is 0 Å². The number of carbonyl (C=O) groups excluding carboxylic acids is 2. The van der Waals surface area contributed by atoms with Crippen LogP contribution in [0.4, 0.5) is 0 Å². The Morgan fingerprint density at radius 2 is 2.06 bits per heavy atom. The molecule has 1 unspecified atom stereocenters. The second-order valence-electron chi connectivity index (χ2n) is 4.12. The molecule has 2 heterocycles. The van der Waals surface area contributed by atoms with Crippen molar-refractivity contribution in [1.82, 2.24) is 4.57 Å². The molecule has 0 radical (unpaired) electrons. The monoisotopic (exact) mass is 237 g/mol. The van der Waals surface area contributed by atoms with Gasteiger partial charge in [0.2, 0.25) is 0 Å². The number of carbonyl (C=O) groups is 2. The molecule has 1 aromatic heterocycles. The number of esters is 2. The molecule has 0 aliphatic carbocycles. The molecule has 0 aromatic carbocycles. The molecule has 0 amide bonds. The van der Waals surface area contributed by atoms with Gasteiger partial charge in [0.05, 0.1) is 25.7 Å². The Labute approximate surface area is 99.3 Å². The van der Waals surface area contributed by atoms with Crippen LogP contribution in [0.25, 0.3) is 0 Å². The first-order chi connectivity index (χ1) is 8.10. The molecule has 2 rings (SSSR count). The molecule has 0 saturated heterocycles. The van der Waals surface area contributed by atoms with Crippen molar-refractivity contribution < 1.29 is 19.1 Å². The maximum atomic E-state index is 11.7. The van der Waals surface area contributed by atoms with Gasteiger partial charge in [-0.2, -0.15) is 0 Å². The van der Waals surface area contributed by atoms with E-state index in [1.807, 2.05) is 17.7 Å². The van der Waals surface area contributed by atoms with Crippen molar-refractivity contribution in [3.63, 3.8) is 0 Å². The maximum absolute atomic E-state index is 11.7. The molecule has 0 N–H and O–H groups in total. The van der Waals surface area contributed by atoms with Gasteiger partial charge >= 0.3 is 11.9 Å². The minimum atomic E-state index is -0.396. The molecule has 0 fully saturated rings. The molecule has 1 atom stereocenters. The summed E-state index contributed by atoms with van der Waals surface area (Å²) in [4.78, 5) is 23.4. The van der Waals surface area contributed by atoms with E-state index in [1.165, 1.54) is 14.2 Å². The topological polar surface area (TPSA) is 57.5 Å². The van der Waals surface area contributed by atoms with Crippen molar-refractivity contribution in [2.75, 3.05) is 14.2 Å². The summed E-state index contributed by atoms with van der Waals surface area (Å²) in [7, 11) is 2.70. The van der Waals surface area contributed by atoms with E-state index in [0.29, 0.717) is 12.0 Å². The molecule has 1 aromatic rings. The van der Waals surface area contributed by atoms with Gasteiger partial charge in [-0.25, -0.2) is 4.79 Å². The lowest BCUT2D eigenvalue weighted by molar-refractivity contribution is -0.142. The van der Waals surface area contributed by atoms with Gasteiger partial charge in [0, 0.05) is 18.4 Å². The predicted molar refractivity (Wildman–Crippen MR) is 59.9 cm³/mol. The zero-order chi connectivity index (χ0) is 12.6. The molecule has 0 saturated carbocycles. The zero-order valence-electron chi connectivity index (χ0n) is 10.1. The molecule has 92 valence electrons. The predicted octanol–water partition coefficient (Wildman–Crippen LogP) is 1.24. The van der Waals surface area contributed by atoms with Gasteiger partial charge < -0.3 is 14.0 Å². The van der Waals surface area contributed by atoms with Crippen LogP contribution in [-0.2, 0) is 20.8 Å². The van der Waals surface area contributed by atoms with Gasteiger partial charge in [0.15, 0.2) is 0 Å². The molecule has 0 spiro atoms. The number of nitrogens with zero attached hydrogens (tertiary/aromatic N) is 1. The van der Waals surface area contributed by atoms with Gasteiger partial charge in [0.1, 0.15) is 0 Å². The Kier molecular flexibility index (Phi) is 2.92. The van der Waals surface area contributed by atoms with Crippen molar-refractivity contribution in [2.45, 2.75) is 25.8 Å². The van der Waals surface area contributed by atoms with Crippen molar-refractivity contribution in [1.29, 1.82) is 0 Å². The second kappa shape index (κ2) is 4.24. The highest BCUT2D eigenvalue weighted by molar-refractivity contribution is 5.95. The highest BCUT2D eigenvalue weighted by Gasteiger charge is 2.35. The van der Waals surface area contributed by atoms with E-state index in [2.05, 4.69) is 0 Å². The quantitative estimate of drug-likeness (QED) is 0.726. The smallest absolute Gasteiger partial charge is 0.339 e. The fourth-order valence-corrected chi connectivity index (χ4v) is 2.42. The standard InChI is InChI=1S/C12H15NO4/c1-7-6-13-5-4-8(11(14)16-2)10(13)9(7)12(15)17-3/h6,8H,4-5H2,1-3H3. The summed E-state index contributed by atoms with van der Waals surface area (Å²) in [6, 6.07) is 0. The van der Waals surface area contributed by atoms with E-state index in [-0.39, 0.29) is 11.9 Å².